The fourth-order valence-corrected chi connectivity index (χ4v) is 1.75. The Kier molecular flexibility index (Phi) is 2.69. The van der Waals surface area contributed by atoms with Crippen LogP contribution in [0.2, 0.25) is 0 Å². The number of ether oxygens (including phenoxy) is 2. The summed E-state index contributed by atoms with van der Waals surface area (Å²) in [4.78, 5) is 11.4. The van der Waals surface area contributed by atoms with Crippen molar-refractivity contribution in [1.29, 1.82) is 0 Å². The minimum Gasteiger partial charge on any atom is -0.474 e. The molecule has 80 valence electrons. The van der Waals surface area contributed by atoms with Crippen molar-refractivity contribution >= 4 is 21.9 Å². The molecular weight excluding hydrogens is 260 g/mol. The van der Waals surface area contributed by atoms with Crippen LogP contribution in [0.15, 0.2) is 28.7 Å². The number of benzene rings is 1. The van der Waals surface area contributed by atoms with Gasteiger partial charge in [0.05, 0.1) is 11.6 Å². The van der Waals surface area contributed by atoms with Gasteiger partial charge in [0.25, 0.3) is 0 Å². The van der Waals surface area contributed by atoms with E-state index in [4.69, 9.17) is 9.47 Å². The number of hydrogen-bond acceptors (Lipinski definition) is 3. The van der Waals surface area contributed by atoms with Crippen LogP contribution in [0.3, 0.4) is 0 Å². The molecule has 0 amide bonds. The van der Waals surface area contributed by atoms with Crippen molar-refractivity contribution in [3.8, 4) is 5.75 Å². The average molecular weight is 271 g/mol. The smallest absolute Gasteiger partial charge is 0.350 e. The molecule has 0 heterocycles. The molecule has 0 saturated heterocycles. The molecule has 1 aliphatic carbocycles. The Morgan fingerprint density at radius 2 is 2.07 bits per heavy atom. The first-order chi connectivity index (χ1) is 7.18. The second-order valence-electron chi connectivity index (χ2n) is 3.52. The maximum atomic E-state index is 11.4. The van der Waals surface area contributed by atoms with E-state index in [2.05, 4.69) is 15.9 Å². The highest BCUT2D eigenvalue weighted by Crippen LogP contribution is 2.42. The van der Waals surface area contributed by atoms with Gasteiger partial charge in [0.15, 0.2) is 0 Å². The Labute approximate surface area is 96.5 Å². The zero-order valence-electron chi connectivity index (χ0n) is 8.33. The lowest BCUT2D eigenvalue weighted by Crippen LogP contribution is -2.30. The van der Waals surface area contributed by atoms with Gasteiger partial charge in [-0.1, -0.05) is 12.1 Å². The molecular formula is C11H11BrO3. The Morgan fingerprint density at radius 1 is 1.40 bits per heavy atom. The summed E-state index contributed by atoms with van der Waals surface area (Å²) in [6.07, 6.45) is 1.45. The topological polar surface area (TPSA) is 35.5 Å². The summed E-state index contributed by atoms with van der Waals surface area (Å²) < 4.78 is 11.2. The van der Waals surface area contributed by atoms with Crippen LogP contribution in [0.25, 0.3) is 0 Å². The fourth-order valence-electron chi connectivity index (χ4n) is 1.39. The van der Waals surface area contributed by atoms with Gasteiger partial charge in [0.1, 0.15) is 5.75 Å². The van der Waals surface area contributed by atoms with E-state index in [0.717, 1.165) is 17.3 Å². The molecule has 0 aromatic heterocycles. The lowest BCUT2D eigenvalue weighted by atomic mass is 10.3. The number of hydrogen-bond donors (Lipinski definition) is 0. The van der Waals surface area contributed by atoms with Gasteiger partial charge >= 0.3 is 5.97 Å². The van der Waals surface area contributed by atoms with E-state index in [0.29, 0.717) is 5.75 Å². The van der Waals surface area contributed by atoms with Crippen LogP contribution in [0.4, 0.5) is 0 Å². The van der Waals surface area contributed by atoms with Crippen LogP contribution in [-0.2, 0) is 9.53 Å². The van der Waals surface area contributed by atoms with Crippen molar-refractivity contribution in [3.05, 3.63) is 28.7 Å². The molecule has 0 aliphatic heterocycles. The van der Waals surface area contributed by atoms with Crippen LogP contribution >= 0.6 is 15.9 Å². The molecule has 1 aliphatic rings. The third kappa shape index (κ3) is 2.00. The van der Waals surface area contributed by atoms with Crippen LogP contribution in [0.1, 0.15) is 12.8 Å². The summed E-state index contributed by atoms with van der Waals surface area (Å²) in [7, 11) is 1.38. The van der Waals surface area contributed by atoms with Crippen molar-refractivity contribution < 1.29 is 14.3 Å². The molecule has 2 rings (SSSR count). The van der Waals surface area contributed by atoms with E-state index < -0.39 is 5.60 Å². The summed E-state index contributed by atoms with van der Waals surface area (Å²) in [6, 6.07) is 7.47. The van der Waals surface area contributed by atoms with Crippen LogP contribution in [-0.4, -0.2) is 18.7 Å². The first kappa shape index (κ1) is 10.5. The molecule has 0 N–H and O–H groups in total. The summed E-state index contributed by atoms with van der Waals surface area (Å²) in [5.41, 5.74) is -0.737. The lowest BCUT2D eigenvalue weighted by molar-refractivity contribution is -0.151. The van der Waals surface area contributed by atoms with Gasteiger partial charge < -0.3 is 9.47 Å². The molecule has 1 fully saturated rings. The summed E-state index contributed by atoms with van der Waals surface area (Å²) in [5, 5.41) is 0. The molecule has 1 aromatic carbocycles. The number of esters is 1. The maximum Gasteiger partial charge on any atom is 0.350 e. The van der Waals surface area contributed by atoms with E-state index in [1.54, 1.807) is 0 Å². The number of halogens is 1. The third-order valence-electron chi connectivity index (χ3n) is 2.40. The van der Waals surface area contributed by atoms with Crippen LogP contribution in [0, 0.1) is 0 Å². The zero-order chi connectivity index (χ0) is 10.9. The number of rotatable bonds is 3. The zero-order valence-corrected chi connectivity index (χ0v) is 9.91. The summed E-state index contributed by atoms with van der Waals surface area (Å²) in [6.45, 7) is 0. The van der Waals surface area contributed by atoms with Crippen LogP contribution < -0.4 is 4.74 Å². The second-order valence-corrected chi connectivity index (χ2v) is 4.37. The molecule has 0 spiro atoms. The Bertz CT molecular complexity index is 385. The number of carbonyl (C=O) groups excluding carboxylic acids is 1. The quantitative estimate of drug-likeness (QED) is 0.792. The largest absolute Gasteiger partial charge is 0.474 e. The van der Waals surface area contributed by atoms with Gasteiger partial charge in [-0.3, -0.25) is 0 Å². The predicted molar refractivity (Wildman–Crippen MR) is 58.8 cm³/mol. The maximum absolute atomic E-state index is 11.4. The van der Waals surface area contributed by atoms with Crippen molar-refractivity contribution in [2.75, 3.05) is 7.11 Å². The normalized spacial score (nSPS) is 16.9. The van der Waals surface area contributed by atoms with Crippen molar-refractivity contribution in [1.82, 2.24) is 0 Å². The first-order valence-electron chi connectivity index (χ1n) is 4.70. The van der Waals surface area contributed by atoms with Crippen LogP contribution in [0.5, 0.6) is 5.75 Å². The highest BCUT2D eigenvalue weighted by molar-refractivity contribution is 9.10. The molecule has 3 nitrogen and oxygen atoms in total. The summed E-state index contributed by atoms with van der Waals surface area (Å²) >= 11 is 3.37. The number of methoxy groups -OCH3 is 1. The highest BCUT2D eigenvalue weighted by Gasteiger charge is 2.54. The molecule has 15 heavy (non-hydrogen) atoms. The SMILES string of the molecule is COC(=O)C1(Oc2ccccc2Br)CC1. The summed E-state index contributed by atoms with van der Waals surface area (Å²) in [5.74, 6) is 0.388. The van der Waals surface area contributed by atoms with Gasteiger partial charge in [-0.2, -0.15) is 0 Å². The van der Waals surface area contributed by atoms with Gasteiger partial charge in [-0.15, -0.1) is 0 Å². The number of carbonyl (C=O) groups is 1. The molecule has 0 unspecified atom stereocenters. The Morgan fingerprint density at radius 3 is 2.60 bits per heavy atom. The minimum atomic E-state index is -0.737. The Hall–Kier alpha value is -1.03. The van der Waals surface area contributed by atoms with Crippen molar-refractivity contribution in [3.63, 3.8) is 0 Å². The standard InChI is InChI=1S/C11H11BrO3/c1-14-10(13)11(6-7-11)15-9-5-3-2-4-8(9)12/h2-5H,6-7H2,1H3. The molecule has 0 radical (unpaired) electrons. The Balaban J connectivity index is 2.16. The molecule has 1 aromatic rings. The molecule has 0 atom stereocenters. The average Bonchev–Trinajstić information content (AvgIpc) is 3.01. The van der Waals surface area contributed by atoms with E-state index in [-0.39, 0.29) is 5.97 Å². The van der Waals surface area contributed by atoms with Gasteiger partial charge in [0.2, 0.25) is 5.60 Å². The van der Waals surface area contributed by atoms with Gasteiger partial charge in [-0.05, 0) is 28.1 Å². The molecule has 4 heteroatoms. The highest BCUT2D eigenvalue weighted by atomic mass is 79.9. The fraction of sp³-hybridized carbons (Fsp3) is 0.364. The van der Waals surface area contributed by atoms with Gasteiger partial charge in [-0.25, -0.2) is 4.79 Å². The molecule has 0 bridgehead atoms. The van der Waals surface area contributed by atoms with Crippen molar-refractivity contribution in [2.45, 2.75) is 18.4 Å². The van der Waals surface area contributed by atoms with E-state index in [1.807, 2.05) is 24.3 Å². The van der Waals surface area contributed by atoms with E-state index >= 15 is 0 Å². The second kappa shape index (κ2) is 3.85. The minimum absolute atomic E-state index is 0.293. The predicted octanol–water partition coefficient (Wildman–Crippen LogP) is 2.53. The van der Waals surface area contributed by atoms with E-state index in [1.165, 1.54) is 7.11 Å². The monoisotopic (exact) mass is 270 g/mol. The third-order valence-corrected chi connectivity index (χ3v) is 3.06. The number of para-hydroxylation sites is 1. The lowest BCUT2D eigenvalue weighted by Gasteiger charge is -2.16. The first-order valence-corrected chi connectivity index (χ1v) is 5.49. The van der Waals surface area contributed by atoms with Crippen molar-refractivity contribution in [2.24, 2.45) is 0 Å². The van der Waals surface area contributed by atoms with E-state index in [9.17, 15) is 4.79 Å². The van der Waals surface area contributed by atoms with Gasteiger partial charge in [0, 0.05) is 12.8 Å². The molecule has 1 saturated carbocycles.